The molecule has 0 saturated heterocycles. The zero-order chi connectivity index (χ0) is 7.40. The molecule has 0 amide bonds. The summed E-state index contributed by atoms with van der Waals surface area (Å²) in [5, 5.41) is 0. The van der Waals surface area contributed by atoms with Crippen LogP contribution in [0.2, 0.25) is 0 Å². The van der Waals surface area contributed by atoms with Gasteiger partial charge in [0.2, 0.25) is 0 Å². The fourth-order valence-corrected chi connectivity index (χ4v) is 0.949. The fraction of sp³-hybridized carbons (Fsp3) is 0.333. The molecule has 0 atom stereocenters. The van der Waals surface area contributed by atoms with Crippen molar-refractivity contribution >= 4 is 0 Å². The Bertz CT molecular complexity index is 182. The van der Waals surface area contributed by atoms with E-state index in [1.165, 1.54) is 5.56 Å². The molecule has 0 radical (unpaired) electrons. The third-order valence-corrected chi connectivity index (χ3v) is 1.34. The predicted octanol–water partition coefficient (Wildman–Crippen LogP) is 1.91. The normalized spacial score (nSPS) is 9.36. The first-order valence-electron chi connectivity index (χ1n) is 3.47. The van der Waals surface area contributed by atoms with Crippen molar-refractivity contribution in [2.24, 2.45) is 0 Å². The molecule has 0 heterocycles. The maximum Gasteiger partial charge on any atom is 0.0227 e. The smallest absolute Gasteiger partial charge is 0.0227 e. The highest BCUT2D eigenvalue weighted by Crippen LogP contribution is 1.99. The van der Waals surface area contributed by atoms with Gasteiger partial charge in [-0.05, 0) is 19.7 Å². The molecular formula is C9H16N2. The molecule has 0 aliphatic heterocycles. The summed E-state index contributed by atoms with van der Waals surface area (Å²) in [5.74, 6) is 0. The van der Waals surface area contributed by atoms with Gasteiger partial charge in [0.25, 0.3) is 0 Å². The molecule has 62 valence electrons. The molecule has 0 unspecified atom stereocenters. The Morgan fingerprint density at radius 1 is 1.09 bits per heavy atom. The first-order chi connectivity index (χ1) is 4.79. The van der Waals surface area contributed by atoms with Crippen molar-refractivity contribution in [1.82, 2.24) is 11.1 Å². The summed E-state index contributed by atoms with van der Waals surface area (Å²) in [6, 6.07) is 10.5. The number of hydrogen-bond acceptors (Lipinski definition) is 2. The third kappa shape index (κ3) is 3.75. The van der Waals surface area contributed by atoms with Crippen LogP contribution < -0.4 is 6.15 Å². The number of hydrogen-bond donors (Lipinski definition) is 1. The number of nitrogens with zero attached hydrogens (tertiary/aromatic N) is 1. The molecule has 0 aliphatic rings. The van der Waals surface area contributed by atoms with Gasteiger partial charge < -0.3 is 11.1 Å². The summed E-state index contributed by atoms with van der Waals surface area (Å²) < 4.78 is 0. The predicted molar refractivity (Wildman–Crippen MR) is 48.9 cm³/mol. The van der Waals surface area contributed by atoms with Crippen LogP contribution in [0.15, 0.2) is 30.3 Å². The van der Waals surface area contributed by atoms with Crippen molar-refractivity contribution < 1.29 is 0 Å². The SMILES string of the molecule is CN(C)Cc1ccccc1.N. The Morgan fingerprint density at radius 2 is 1.64 bits per heavy atom. The Morgan fingerprint density at radius 3 is 2.09 bits per heavy atom. The maximum atomic E-state index is 2.16. The molecular weight excluding hydrogens is 136 g/mol. The van der Waals surface area contributed by atoms with Crippen molar-refractivity contribution in [3.05, 3.63) is 35.9 Å². The van der Waals surface area contributed by atoms with Crippen LogP contribution in [0.4, 0.5) is 0 Å². The van der Waals surface area contributed by atoms with E-state index in [0.29, 0.717) is 0 Å². The Labute approximate surface area is 68.4 Å². The first kappa shape index (κ1) is 10.1. The second kappa shape index (κ2) is 4.88. The highest BCUT2D eigenvalue weighted by molar-refractivity contribution is 5.14. The van der Waals surface area contributed by atoms with Gasteiger partial charge in [-0.15, -0.1) is 0 Å². The molecule has 0 saturated carbocycles. The lowest BCUT2D eigenvalue weighted by Crippen LogP contribution is -2.10. The lowest BCUT2D eigenvalue weighted by molar-refractivity contribution is 0.402. The highest BCUT2D eigenvalue weighted by atomic mass is 15.0. The molecule has 0 spiro atoms. The Balaban J connectivity index is 0.000001000. The van der Waals surface area contributed by atoms with E-state index < -0.39 is 0 Å². The van der Waals surface area contributed by atoms with Gasteiger partial charge in [0, 0.05) is 6.54 Å². The molecule has 1 aromatic carbocycles. The van der Waals surface area contributed by atoms with E-state index in [1.807, 2.05) is 6.07 Å². The molecule has 0 fully saturated rings. The average molecular weight is 152 g/mol. The summed E-state index contributed by atoms with van der Waals surface area (Å²) in [6.07, 6.45) is 0. The quantitative estimate of drug-likeness (QED) is 0.703. The molecule has 2 heteroatoms. The molecule has 1 aromatic rings. The standard InChI is InChI=1S/C9H13N.H3N/c1-10(2)8-9-6-4-3-5-7-9;/h3-7H,8H2,1-2H3;1H3. The van der Waals surface area contributed by atoms with E-state index in [1.54, 1.807) is 0 Å². The number of benzene rings is 1. The lowest BCUT2D eigenvalue weighted by Gasteiger charge is -2.08. The minimum atomic E-state index is 0. The van der Waals surface area contributed by atoms with Crippen LogP contribution in [0, 0.1) is 0 Å². The molecule has 11 heavy (non-hydrogen) atoms. The summed E-state index contributed by atoms with van der Waals surface area (Å²) in [4.78, 5) is 2.16. The monoisotopic (exact) mass is 152 g/mol. The van der Waals surface area contributed by atoms with Crippen LogP contribution in [0.25, 0.3) is 0 Å². The third-order valence-electron chi connectivity index (χ3n) is 1.34. The number of rotatable bonds is 2. The topological polar surface area (TPSA) is 38.2 Å². The van der Waals surface area contributed by atoms with E-state index in [9.17, 15) is 0 Å². The first-order valence-corrected chi connectivity index (χ1v) is 3.47. The van der Waals surface area contributed by atoms with E-state index in [0.717, 1.165) is 6.54 Å². The van der Waals surface area contributed by atoms with Gasteiger partial charge >= 0.3 is 0 Å². The molecule has 1 rings (SSSR count). The zero-order valence-electron chi connectivity index (χ0n) is 7.25. The average Bonchev–Trinajstić information content (AvgIpc) is 1.88. The minimum absolute atomic E-state index is 0. The van der Waals surface area contributed by atoms with Crippen LogP contribution in [-0.4, -0.2) is 19.0 Å². The van der Waals surface area contributed by atoms with Gasteiger partial charge in [0.15, 0.2) is 0 Å². The van der Waals surface area contributed by atoms with Gasteiger partial charge in [-0.25, -0.2) is 0 Å². The van der Waals surface area contributed by atoms with E-state index >= 15 is 0 Å². The van der Waals surface area contributed by atoms with Crippen molar-refractivity contribution in [3.63, 3.8) is 0 Å². The van der Waals surface area contributed by atoms with E-state index in [2.05, 4.69) is 43.3 Å². The van der Waals surface area contributed by atoms with Crippen molar-refractivity contribution in [1.29, 1.82) is 0 Å². The van der Waals surface area contributed by atoms with Gasteiger partial charge in [0.1, 0.15) is 0 Å². The van der Waals surface area contributed by atoms with Gasteiger partial charge in [-0.2, -0.15) is 0 Å². The second-order valence-electron chi connectivity index (χ2n) is 2.72. The zero-order valence-corrected chi connectivity index (χ0v) is 7.25. The van der Waals surface area contributed by atoms with Crippen LogP contribution >= 0.6 is 0 Å². The van der Waals surface area contributed by atoms with Gasteiger partial charge in [-0.1, -0.05) is 30.3 Å². The molecule has 3 N–H and O–H groups in total. The van der Waals surface area contributed by atoms with Crippen LogP contribution in [0.1, 0.15) is 5.56 Å². The van der Waals surface area contributed by atoms with E-state index in [4.69, 9.17) is 0 Å². The summed E-state index contributed by atoms with van der Waals surface area (Å²) in [6.45, 7) is 1.03. The van der Waals surface area contributed by atoms with Crippen molar-refractivity contribution in [3.8, 4) is 0 Å². The summed E-state index contributed by atoms with van der Waals surface area (Å²) in [7, 11) is 4.15. The summed E-state index contributed by atoms with van der Waals surface area (Å²) in [5.41, 5.74) is 1.37. The van der Waals surface area contributed by atoms with E-state index in [-0.39, 0.29) is 6.15 Å². The van der Waals surface area contributed by atoms with Crippen molar-refractivity contribution in [2.45, 2.75) is 6.54 Å². The second-order valence-corrected chi connectivity index (χ2v) is 2.72. The van der Waals surface area contributed by atoms with Crippen LogP contribution in [0.3, 0.4) is 0 Å². The maximum absolute atomic E-state index is 2.16. The molecule has 0 aliphatic carbocycles. The Hall–Kier alpha value is -0.860. The lowest BCUT2D eigenvalue weighted by atomic mass is 10.2. The van der Waals surface area contributed by atoms with Crippen LogP contribution in [0.5, 0.6) is 0 Å². The van der Waals surface area contributed by atoms with Gasteiger partial charge in [-0.3, -0.25) is 0 Å². The van der Waals surface area contributed by atoms with Crippen LogP contribution in [-0.2, 0) is 6.54 Å². The Kier molecular flexibility index (Phi) is 4.50. The minimum Gasteiger partial charge on any atom is -0.344 e. The van der Waals surface area contributed by atoms with Crippen molar-refractivity contribution in [2.75, 3.05) is 14.1 Å². The molecule has 2 nitrogen and oxygen atoms in total. The van der Waals surface area contributed by atoms with Gasteiger partial charge in [0.05, 0.1) is 0 Å². The molecule has 0 aromatic heterocycles. The summed E-state index contributed by atoms with van der Waals surface area (Å²) >= 11 is 0. The largest absolute Gasteiger partial charge is 0.344 e. The highest BCUT2D eigenvalue weighted by Gasteiger charge is 1.90. The molecule has 0 bridgehead atoms. The fourth-order valence-electron chi connectivity index (χ4n) is 0.949.